The van der Waals surface area contributed by atoms with Crippen LogP contribution in [0.3, 0.4) is 0 Å². The first-order chi connectivity index (χ1) is 9.96. The molecule has 2 rings (SSSR count). The molecule has 1 aliphatic carbocycles. The van der Waals surface area contributed by atoms with Crippen LogP contribution in [0.2, 0.25) is 0 Å². The lowest BCUT2D eigenvalue weighted by molar-refractivity contribution is -0.152. The van der Waals surface area contributed by atoms with Gasteiger partial charge in [-0.1, -0.05) is 25.9 Å². The highest BCUT2D eigenvalue weighted by Gasteiger charge is 2.69. The van der Waals surface area contributed by atoms with Crippen LogP contribution in [0.5, 0.6) is 0 Å². The van der Waals surface area contributed by atoms with Crippen molar-refractivity contribution in [2.75, 3.05) is 11.9 Å². The third-order valence-corrected chi connectivity index (χ3v) is 4.69. The predicted molar refractivity (Wildman–Crippen MR) is 82.0 cm³/mol. The molecule has 0 spiro atoms. The van der Waals surface area contributed by atoms with Gasteiger partial charge in [0.1, 0.15) is 9.75 Å². The zero-order valence-electron chi connectivity index (χ0n) is 12.8. The van der Waals surface area contributed by atoms with Crippen LogP contribution in [0.15, 0.2) is 10.6 Å². The van der Waals surface area contributed by atoms with Crippen LogP contribution in [0.4, 0.5) is 5.88 Å². The summed E-state index contributed by atoms with van der Waals surface area (Å²) >= 11 is 11.7. The second-order valence-electron chi connectivity index (χ2n) is 6.66. The number of amides is 1. The zero-order valence-corrected chi connectivity index (χ0v) is 14.3. The van der Waals surface area contributed by atoms with Crippen LogP contribution in [-0.4, -0.2) is 28.0 Å². The molecule has 0 radical (unpaired) electrons. The first-order valence-electron chi connectivity index (χ1n) is 6.78. The third-order valence-electron chi connectivity index (χ3n) is 3.58. The fourth-order valence-electron chi connectivity index (χ4n) is 1.77. The van der Waals surface area contributed by atoms with Gasteiger partial charge >= 0.3 is 5.97 Å². The summed E-state index contributed by atoms with van der Waals surface area (Å²) in [5.41, 5.74) is -0.440. The number of nitrogens with one attached hydrogen (secondary N) is 1. The van der Waals surface area contributed by atoms with Gasteiger partial charge in [-0.3, -0.25) is 14.9 Å². The highest BCUT2D eigenvalue weighted by Crippen LogP contribution is 2.64. The van der Waals surface area contributed by atoms with Crippen LogP contribution in [0.25, 0.3) is 0 Å². The van der Waals surface area contributed by atoms with Crippen molar-refractivity contribution in [1.29, 1.82) is 0 Å². The Morgan fingerprint density at radius 1 is 1.45 bits per heavy atom. The molecule has 0 aromatic carbocycles. The van der Waals surface area contributed by atoms with E-state index in [1.54, 1.807) is 13.0 Å². The minimum Gasteiger partial charge on any atom is -0.455 e. The molecular formula is C14H18Cl2N2O4. The maximum atomic E-state index is 11.8. The Balaban J connectivity index is 1.84. The van der Waals surface area contributed by atoms with Crippen LogP contribution in [-0.2, 0) is 19.7 Å². The lowest BCUT2D eigenvalue weighted by Crippen LogP contribution is -2.26. The quantitative estimate of drug-likeness (QED) is 0.667. The number of anilines is 1. The smallest absolute Gasteiger partial charge is 0.315 e. The molecule has 122 valence electrons. The number of hydrogen-bond acceptors (Lipinski definition) is 5. The summed E-state index contributed by atoms with van der Waals surface area (Å²) < 4.78 is 8.83. The highest BCUT2D eigenvalue weighted by atomic mass is 35.5. The summed E-state index contributed by atoms with van der Waals surface area (Å²) in [5.74, 6) is -0.919. The van der Waals surface area contributed by atoms with Gasteiger partial charge in [0, 0.05) is 17.9 Å². The normalized spacial score (nSPS) is 23.0. The summed E-state index contributed by atoms with van der Waals surface area (Å²) in [6, 6.07) is 1.63. The number of rotatable bonds is 4. The monoisotopic (exact) mass is 348 g/mol. The van der Waals surface area contributed by atoms with Gasteiger partial charge in [-0.15, -0.1) is 23.2 Å². The second-order valence-corrected chi connectivity index (χ2v) is 8.15. The van der Waals surface area contributed by atoms with Gasteiger partial charge in [-0.25, -0.2) is 0 Å². The Labute approximate surface area is 138 Å². The van der Waals surface area contributed by atoms with E-state index in [-0.39, 0.29) is 11.3 Å². The van der Waals surface area contributed by atoms with Crippen molar-refractivity contribution in [1.82, 2.24) is 5.16 Å². The van der Waals surface area contributed by atoms with Crippen molar-refractivity contribution in [2.24, 2.45) is 5.41 Å². The zero-order chi connectivity index (χ0) is 16.8. The molecule has 1 atom stereocenters. The number of carbonyl (C=O) groups is 2. The summed E-state index contributed by atoms with van der Waals surface area (Å²) in [5, 5.41) is 6.34. The minimum absolute atomic E-state index is 0.191. The number of nitrogens with zero attached hydrogens (tertiary/aromatic N) is 1. The molecule has 1 unspecified atom stereocenters. The molecule has 1 aliphatic rings. The van der Waals surface area contributed by atoms with Gasteiger partial charge in [0.15, 0.2) is 6.61 Å². The van der Waals surface area contributed by atoms with E-state index in [1.807, 2.05) is 20.8 Å². The molecule has 8 heteroatoms. The van der Waals surface area contributed by atoms with Crippen molar-refractivity contribution >= 4 is 41.0 Å². The van der Waals surface area contributed by atoms with Crippen molar-refractivity contribution < 1.29 is 18.8 Å². The SMILES string of the molecule is CC(C)(C)c1cc(NC(=O)COC(=O)C2(C)CC2(Cl)Cl)on1. The first-order valence-corrected chi connectivity index (χ1v) is 7.53. The first kappa shape index (κ1) is 17.1. The van der Waals surface area contributed by atoms with E-state index in [4.69, 9.17) is 32.5 Å². The Morgan fingerprint density at radius 3 is 2.50 bits per heavy atom. The number of hydrogen-bond donors (Lipinski definition) is 1. The molecule has 1 saturated carbocycles. The van der Waals surface area contributed by atoms with E-state index < -0.39 is 28.2 Å². The van der Waals surface area contributed by atoms with Crippen molar-refractivity contribution in [3.63, 3.8) is 0 Å². The summed E-state index contributed by atoms with van der Waals surface area (Å²) in [6.45, 7) is 7.07. The molecular weight excluding hydrogens is 331 g/mol. The Hall–Kier alpha value is -1.27. The van der Waals surface area contributed by atoms with E-state index in [0.717, 1.165) is 0 Å². The standard InChI is InChI=1S/C14H18Cl2N2O4/c1-12(2,3)8-5-10(22-18-8)17-9(19)6-21-11(20)13(4)7-14(13,15)16/h5H,6-7H2,1-4H3,(H,17,19). The number of carbonyl (C=O) groups excluding carboxylic acids is 2. The van der Waals surface area contributed by atoms with E-state index in [1.165, 1.54) is 0 Å². The maximum absolute atomic E-state index is 11.8. The number of ether oxygens (including phenoxy) is 1. The molecule has 0 bridgehead atoms. The highest BCUT2D eigenvalue weighted by molar-refractivity contribution is 6.53. The van der Waals surface area contributed by atoms with Crippen molar-refractivity contribution in [2.45, 2.75) is 43.9 Å². The Morgan fingerprint density at radius 2 is 2.05 bits per heavy atom. The number of halogens is 2. The topological polar surface area (TPSA) is 81.4 Å². The van der Waals surface area contributed by atoms with Crippen LogP contribution < -0.4 is 5.32 Å². The van der Waals surface area contributed by atoms with Gasteiger partial charge in [-0.2, -0.15) is 0 Å². The molecule has 1 amide bonds. The lowest BCUT2D eigenvalue weighted by atomic mass is 9.92. The predicted octanol–water partition coefficient (Wildman–Crippen LogP) is 3.04. The molecule has 1 fully saturated rings. The maximum Gasteiger partial charge on any atom is 0.315 e. The van der Waals surface area contributed by atoms with Gasteiger partial charge < -0.3 is 9.26 Å². The van der Waals surface area contributed by atoms with Crippen LogP contribution >= 0.6 is 23.2 Å². The van der Waals surface area contributed by atoms with Crippen molar-refractivity contribution in [3.8, 4) is 0 Å². The molecule has 1 N–H and O–H groups in total. The Bertz CT molecular complexity index is 606. The van der Waals surface area contributed by atoms with Crippen LogP contribution in [0.1, 0.15) is 39.8 Å². The van der Waals surface area contributed by atoms with Gasteiger partial charge in [0.2, 0.25) is 5.88 Å². The molecule has 1 aromatic rings. The van der Waals surface area contributed by atoms with E-state index in [9.17, 15) is 9.59 Å². The van der Waals surface area contributed by atoms with E-state index >= 15 is 0 Å². The van der Waals surface area contributed by atoms with Gasteiger partial charge in [0.05, 0.1) is 5.69 Å². The van der Waals surface area contributed by atoms with E-state index in [0.29, 0.717) is 12.1 Å². The average molecular weight is 349 g/mol. The van der Waals surface area contributed by atoms with Crippen LogP contribution in [0, 0.1) is 5.41 Å². The number of esters is 1. The largest absolute Gasteiger partial charge is 0.455 e. The number of aromatic nitrogens is 1. The molecule has 6 nitrogen and oxygen atoms in total. The minimum atomic E-state index is -1.12. The average Bonchev–Trinajstić information content (AvgIpc) is 2.76. The number of alkyl halides is 2. The van der Waals surface area contributed by atoms with Gasteiger partial charge in [-0.05, 0) is 6.92 Å². The second kappa shape index (κ2) is 5.42. The fourth-order valence-corrected chi connectivity index (χ4v) is 2.46. The molecule has 1 heterocycles. The molecule has 1 aromatic heterocycles. The fraction of sp³-hybridized carbons (Fsp3) is 0.643. The third kappa shape index (κ3) is 3.38. The molecule has 0 saturated heterocycles. The molecule has 22 heavy (non-hydrogen) atoms. The summed E-state index contributed by atoms with van der Waals surface area (Å²) in [4.78, 5) is 23.6. The summed E-state index contributed by atoms with van der Waals surface area (Å²) in [7, 11) is 0. The van der Waals surface area contributed by atoms with Gasteiger partial charge in [0.25, 0.3) is 5.91 Å². The van der Waals surface area contributed by atoms with E-state index in [2.05, 4.69) is 10.5 Å². The summed E-state index contributed by atoms with van der Waals surface area (Å²) in [6.07, 6.45) is 0.306. The van der Waals surface area contributed by atoms with Crippen molar-refractivity contribution in [3.05, 3.63) is 11.8 Å². The Kier molecular flexibility index (Phi) is 4.21. The molecule has 0 aliphatic heterocycles. The lowest BCUT2D eigenvalue weighted by Gasteiger charge is -2.12.